The van der Waals surface area contributed by atoms with E-state index in [1.165, 1.54) is 11.8 Å². The van der Waals surface area contributed by atoms with E-state index in [-0.39, 0.29) is 0 Å². The van der Waals surface area contributed by atoms with Gasteiger partial charge in [-0.3, -0.25) is 0 Å². The number of rotatable bonds is 1. The van der Waals surface area contributed by atoms with Crippen molar-refractivity contribution >= 4 is 54.8 Å². The van der Waals surface area contributed by atoms with E-state index in [1.54, 1.807) is 0 Å². The molecule has 7 rings (SSSR count). The fraction of sp³-hybridized carbons (Fsp3) is 0. The summed E-state index contributed by atoms with van der Waals surface area (Å²) in [6.45, 7) is 0. The SMILES string of the molecule is c1cc(-n2c3ccccc3c3ccc4c5ccccc5oc4c32)c2ncoc2c1. The van der Waals surface area contributed by atoms with Crippen molar-refractivity contribution in [3.8, 4) is 5.69 Å². The summed E-state index contributed by atoms with van der Waals surface area (Å²) in [5, 5.41) is 4.59. The van der Waals surface area contributed by atoms with Crippen LogP contribution in [0.5, 0.6) is 0 Å². The number of furan rings is 1. The minimum atomic E-state index is 0.769. The molecule has 0 aliphatic carbocycles. The molecule has 3 aromatic heterocycles. The molecule has 4 heteroatoms. The van der Waals surface area contributed by atoms with E-state index in [4.69, 9.17) is 8.83 Å². The molecular formula is C25H14N2O2. The molecule has 0 radical (unpaired) electrons. The molecule has 136 valence electrons. The molecule has 0 amide bonds. The Morgan fingerprint density at radius 2 is 1.45 bits per heavy atom. The number of aromatic nitrogens is 2. The summed E-state index contributed by atoms with van der Waals surface area (Å²) in [5.41, 5.74) is 6.54. The lowest BCUT2D eigenvalue weighted by Crippen LogP contribution is -1.95. The maximum absolute atomic E-state index is 6.39. The van der Waals surface area contributed by atoms with Gasteiger partial charge in [-0.1, -0.05) is 48.5 Å². The van der Waals surface area contributed by atoms with E-state index in [0.29, 0.717) is 0 Å². The molecule has 29 heavy (non-hydrogen) atoms. The van der Waals surface area contributed by atoms with Gasteiger partial charge in [0.25, 0.3) is 0 Å². The lowest BCUT2D eigenvalue weighted by molar-refractivity contribution is 0.602. The van der Waals surface area contributed by atoms with E-state index < -0.39 is 0 Å². The first kappa shape index (κ1) is 14.9. The average Bonchev–Trinajstić information content (AvgIpc) is 3.47. The highest BCUT2D eigenvalue weighted by Gasteiger charge is 2.20. The Bertz CT molecular complexity index is 1720. The Kier molecular flexibility index (Phi) is 2.71. The molecule has 3 heterocycles. The molecule has 4 nitrogen and oxygen atoms in total. The molecule has 0 fully saturated rings. The third kappa shape index (κ3) is 1.85. The molecule has 0 aliphatic heterocycles. The predicted molar refractivity (Wildman–Crippen MR) is 116 cm³/mol. The molecule has 0 bridgehead atoms. The van der Waals surface area contributed by atoms with Crippen molar-refractivity contribution in [2.75, 3.05) is 0 Å². The van der Waals surface area contributed by atoms with Crippen molar-refractivity contribution in [3.63, 3.8) is 0 Å². The highest BCUT2D eigenvalue weighted by Crippen LogP contribution is 2.40. The van der Waals surface area contributed by atoms with Crippen molar-refractivity contribution < 1.29 is 8.83 Å². The number of hydrogen-bond donors (Lipinski definition) is 0. The van der Waals surface area contributed by atoms with Crippen LogP contribution in [-0.2, 0) is 0 Å². The first-order valence-electron chi connectivity index (χ1n) is 9.56. The Morgan fingerprint density at radius 1 is 0.655 bits per heavy atom. The molecule has 0 N–H and O–H groups in total. The Balaban J connectivity index is 1.79. The van der Waals surface area contributed by atoms with Gasteiger partial charge in [0.1, 0.15) is 11.1 Å². The quantitative estimate of drug-likeness (QED) is 0.316. The number of benzene rings is 4. The highest BCUT2D eigenvalue weighted by atomic mass is 16.3. The lowest BCUT2D eigenvalue weighted by atomic mass is 10.1. The summed E-state index contributed by atoms with van der Waals surface area (Å²) in [6.07, 6.45) is 1.50. The minimum absolute atomic E-state index is 0.769. The zero-order chi connectivity index (χ0) is 18.9. The fourth-order valence-corrected chi connectivity index (χ4v) is 4.53. The topological polar surface area (TPSA) is 44.1 Å². The highest BCUT2D eigenvalue weighted by molar-refractivity contribution is 6.21. The third-order valence-corrected chi connectivity index (χ3v) is 5.76. The largest absolute Gasteiger partial charge is 0.454 e. The molecule has 0 spiro atoms. The van der Waals surface area contributed by atoms with Crippen molar-refractivity contribution in [3.05, 3.63) is 85.3 Å². The maximum atomic E-state index is 6.39. The van der Waals surface area contributed by atoms with Gasteiger partial charge in [-0.2, -0.15) is 0 Å². The van der Waals surface area contributed by atoms with E-state index in [1.807, 2.05) is 30.3 Å². The van der Waals surface area contributed by atoms with Gasteiger partial charge in [0.2, 0.25) is 0 Å². The zero-order valence-corrected chi connectivity index (χ0v) is 15.3. The van der Waals surface area contributed by atoms with Crippen LogP contribution in [0, 0.1) is 0 Å². The normalized spacial score (nSPS) is 12.1. The van der Waals surface area contributed by atoms with Crippen LogP contribution in [0.3, 0.4) is 0 Å². The first-order valence-corrected chi connectivity index (χ1v) is 9.56. The Hall–Kier alpha value is -4.05. The van der Waals surface area contributed by atoms with Gasteiger partial charge in [-0.25, -0.2) is 4.98 Å². The van der Waals surface area contributed by atoms with Crippen molar-refractivity contribution in [1.82, 2.24) is 9.55 Å². The molecule has 0 saturated carbocycles. The maximum Gasteiger partial charge on any atom is 0.182 e. The van der Waals surface area contributed by atoms with Crippen LogP contribution in [0.2, 0.25) is 0 Å². The van der Waals surface area contributed by atoms with Crippen LogP contribution in [0.1, 0.15) is 0 Å². The van der Waals surface area contributed by atoms with Gasteiger partial charge in [0.05, 0.1) is 16.7 Å². The van der Waals surface area contributed by atoms with E-state index in [2.05, 4.69) is 58.1 Å². The summed E-state index contributed by atoms with van der Waals surface area (Å²) in [5.74, 6) is 0. The van der Waals surface area contributed by atoms with Crippen LogP contribution in [0.15, 0.2) is 94.1 Å². The number of para-hydroxylation sites is 3. The van der Waals surface area contributed by atoms with Gasteiger partial charge >= 0.3 is 0 Å². The van der Waals surface area contributed by atoms with Crippen LogP contribution in [0.4, 0.5) is 0 Å². The average molecular weight is 374 g/mol. The minimum Gasteiger partial charge on any atom is -0.454 e. The second kappa shape index (κ2) is 5.26. The summed E-state index contributed by atoms with van der Waals surface area (Å²) in [6, 6.07) is 27.0. The second-order valence-electron chi connectivity index (χ2n) is 7.27. The number of nitrogens with zero attached hydrogens (tertiary/aromatic N) is 2. The van der Waals surface area contributed by atoms with Gasteiger partial charge in [0, 0.05) is 21.5 Å². The number of hydrogen-bond acceptors (Lipinski definition) is 3. The van der Waals surface area contributed by atoms with Crippen LogP contribution in [0.25, 0.3) is 60.5 Å². The van der Waals surface area contributed by atoms with Crippen molar-refractivity contribution in [2.24, 2.45) is 0 Å². The third-order valence-electron chi connectivity index (χ3n) is 5.76. The van der Waals surface area contributed by atoms with Crippen molar-refractivity contribution in [1.29, 1.82) is 0 Å². The molecule has 0 saturated heterocycles. The van der Waals surface area contributed by atoms with Gasteiger partial charge in [0.15, 0.2) is 17.6 Å². The Labute approximate surface area is 164 Å². The molecule has 0 atom stereocenters. The van der Waals surface area contributed by atoms with Crippen LogP contribution in [-0.4, -0.2) is 9.55 Å². The van der Waals surface area contributed by atoms with Crippen LogP contribution < -0.4 is 0 Å². The zero-order valence-electron chi connectivity index (χ0n) is 15.3. The summed E-state index contributed by atoms with van der Waals surface area (Å²) in [4.78, 5) is 4.49. The van der Waals surface area contributed by atoms with Gasteiger partial charge in [-0.15, -0.1) is 0 Å². The number of fused-ring (bicyclic) bond motifs is 8. The monoisotopic (exact) mass is 374 g/mol. The van der Waals surface area contributed by atoms with Crippen LogP contribution >= 0.6 is 0 Å². The van der Waals surface area contributed by atoms with E-state index in [0.717, 1.165) is 55.1 Å². The smallest absolute Gasteiger partial charge is 0.182 e. The molecule has 0 unspecified atom stereocenters. The van der Waals surface area contributed by atoms with Gasteiger partial charge in [-0.05, 0) is 30.3 Å². The van der Waals surface area contributed by atoms with Crippen molar-refractivity contribution in [2.45, 2.75) is 0 Å². The lowest BCUT2D eigenvalue weighted by Gasteiger charge is -2.08. The van der Waals surface area contributed by atoms with E-state index in [9.17, 15) is 0 Å². The molecular weight excluding hydrogens is 360 g/mol. The molecule has 0 aliphatic rings. The summed E-state index contributed by atoms with van der Waals surface area (Å²) >= 11 is 0. The van der Waals surface area contributed by atoms with E-state index >= 15 is 0 Å². The number of oxazole rings is 1. The molecule has 4 aromatic carbocycles. The second-order valence-corrected chi connectivity index (χ2v) is 7.27. The predicted octanol–water partition coefficient (Wildman–Crippen LogP) is 6.82. The molecule has 7 aromatic rings. The first-order chi connectivity index (χ1) is 14.4. The summed E-state index contributed by atoms with van der Waals surface area (Å²) < 4.78 is 14.2. The van der Waals surface area contributed by atoms with Gasteiger partial charge < -0.3 is 13.4 Å². The standard InChI is InChI=1S/C25H14N2O2/c1-3-8-19-15(6-1)17-12-13-18-16-7-2-4-10-21(16)29-25(18)24(17)27(19)20-9-5-11-22-23(20)26-14-28-22/h1-14H. The fourth-order valence-electron chi connectivity index (χ4n) is 4.53. The Morgan fingerprint density at radius 3 is 2.41 bits per heavy atom. The summed E-state index contributed by atoms with van der Waals surface area (Å²) in [7, 11) is 0.